The van der Waals surface area contributed by atoms with Crippen molar-refractivity contribution in [3.05, 3.63) is 72.3 Å². The third-order valence-corrected chi connectivity index (χ3v) is 10.3. The summed E-state index contributed by atoms with van der Waals surface area (Å²) in [5.74, 6) is 0.309. The Morgan fingerprint density at radius 3 is 2.45 bits per heavy atom. The molecule has 1 aliphatic carbocycles. The lowest BCUT2D eigenvalue weighted by molar-refractivity contribution is -0.128. The molecule has 1 atom stereocenters. The molecule has 1 amide bonds. The number of carbonyl (C=O) groups excluding carboxylic acids is 1. The summed E-state index contributed by atoms with van der Waals surface area (Å²) in [6, 6.07) is 16.4. The number of nitrogen functional groups attached to an aromatic ring is 1. The van der Waals surface area contributed by atoms with Crippen molar-refractivity contribution in [2.24, 2.45) is 0 Å². The van der Waals surface area contributed by atoms with E-state index in [-0.39, 0.29) is 28.9 Å². The van der Waals surface area contributed by atoms with Gasteiger partial charge in [0.25, 0.3) is 5.91 Å². The molecule has 2 saturated heterocycles. The Bertz CT molecular complexity index is 1910. The highest BCUT2D eigenvalue weighted by Crippen LogP contribution is 2.37. The Morgan fingerprint density at radius 1 is 1.00 bits per heavy atom. The van der Waals surface area contributed by atoms with Gasteiger partial charge >= 0.3 is 0 Å². The molecule has 11 nitrogen and oxygen atoms in total. The number of para-hydroxylation sites is 1. The number of piperidine rings is 1. The molecule has 7 rings (SSSR count). The molecule has 1 saturated carbocycles. The molecule has 0 spiro atoms. The van der Waals surface area contributed by atoms with Crippen molar-refractivity contribution in [3.63, 3.8) is 0 Å². The number of nitriles is 1. The predicted octanol–water partition coefficient (Wildman–Crippen LogP) is 5.57. The van der Waals surface area contributed by atoms with Crippen LogP contribution in [0.5, 0.6) is 11.5 Å². The SMILES string of the molecule is CC(C)(C=C(C#N)C(=O)N1CCC[C@H](n2nc(-c3ccc(Oc4ccccc4)cc3F)c3c(N)ncnc32)C1)N1CCN(C2CCC2)CC1. The number of ether oxygens (including phenoxy) is 1. The van der Waals surface area contributed by atoms with Crippen LogP contribution in [-0.2, 0) is 4.79 Å². The molecular weight excluding hydrogens is 621 g/mol. The summed E-state index contributed by atoms with van der Waals surface area (Å²) in [7, 11) is 0. The average Bonchev–Trinajstić information content (AvgIpc) is 3.48. The molecule has 3 aliphatic rings. The third-order valence-electron chi connectivity index (χ3n) is 10.3. The molecule has 0 bridgehead atoms. The monoisotopic (exact) mass is 663 g/mol. The quantitative estimate of drug-likeness (QED) is 0.190. The molecule has 3 fully saturated rings. The van der Waals surface area contributed by atoms with Gasteiger partial charge in [-0.3, -0.25) is 14.6 Å². The Balaban J connectivity index is 1.11. The maximum Gasteiger partial charge on any atom is 0.264 e. The van der Waals surface area contributed by atoms with Crippen LogP contribution in [0.3, 0.4) is 0 Å². The maximum absolute atomic E-state index is 15.7. The molecule has 2 aliphatic heterocycles. The number of nitrogens with two attached hydrogens (primary N) is 1. The van der Waals surface area contributed by atoms with Gasteiger partial charge in [-0.2, -0.15) is 10.4 Å². The summed E-state index contributed by atoms with van der Waals surface area (Å²) in [5.41, 5.74) is 7.05. The lowest BCUT2D eigenvalue weighted by atomic mass is 9.90. The van der Waals surface area contributed by atoms with Crippen LogP contribution in [0.4, 0.5) is 10.2 Å². The molecule has 2 aromatic heterocycles. The van der Waals surface area contributed by atoms with Gasteiger partial charge in [-0.05, 0) is 69.9 Å². The normalized spacial score (nSPS) is 19.8. The molecule has 4 heterocycles. The fourth-order valence-electron chi connectivity index (χ4n) is 7.33. The van der Waals surface area contributed by atoms with E-state index in [2.05, 4.69) is 39.7 Å². The topological polar surface area (TPSA) is 129 Å². The van der Waals surface area contributed by atoms with Gasteiger partial charge in [-0.15, -0.1) is 0 Å². The zero-order valence-electron chi connectivity index (χ0n) is 28.1. The van der Waals surface area contributed by atoms with Crippen molar-refractivity contribution in [1.82, 2.24) is 34.4 Å². The van der Waals surface area contributed by atoms with Crippen LogP contribution in [0.15, 0.2) is 66.5 Å². The van der Waals surface area contributed by atoms with Crippen molar-refractivity contribution in [2.45, 2.75) is 63.6 Å². The number of benzene rings is 2. The third kappa shape index (κ3) is 6.60. The van der Waals surface area contributed by atoms with Crippen LogP contribution >= 0.6 is 0 Å². The Hall–Kier alpha value is -4.86. The highest BCUT2D eigenvalue weighted by Gasteiger charge is 2.35. The largest absolute Gasteiger partial charge is 0.457 e. The first-order valence-corrected chi connectivity index (χ1v) is 17.1. The van der Waals surface area contributed by atoms with E-state index in [1.165, 1.54) is 31.7 Å². The van der Waals surface area contributed by atoms with Crippen molar-refractivity contribution >= 4 is 22.8 Å². The standard InChI is InChI=1S/C37H42FN9O2/c1-37(2,46-18-16-44(17-19-46)26-8-6-9-26)21-25(22-39)36(48)45-15-7-10-27(23-45)47-35-32(34(40)41-24-42-35)33(43-47)30-14-13-29(20-31(30)38)49-28-11-4-3-5-12-28/h3-5,11-14,20-21,24,26-27H,6-10,15-19,23H2,1-2H3,(H2,40,41,42)/t27-/m0/s1. The second-order valence-electron chi connectivity index (χ2n) is 13.8. The van der Waals surface area contributed by atoms with E-state index >= 15 is 4.39 Å². The van der Waals surface area contributed by atoms with E-state index in [0.717, 1.165) is 32.6 Å². The van der Waals surface area contributed by atoms with Crippen LogP contribution in [0, 0.1) is 17.1 Å². The number of fused-ring (bicyclic) bond motifs is 1. The minimum absolute atomic E-state index is 0.143. The molecule has 2 N–H and O–H groups in total. The number of amides is 1. The fourth-order valence-corrected chi connectivity index (χ4v) is 7.33. The van der Waals surface area contributed by atoms with E-state index in [9.17, 15) is 10.1 Å². The number of hydrogen-bond donors (Lipinski definition) is 1. The molecular formula is C37H42FN9O2. The first-order valence-electron chi connectivity index (χ1n) is 17.1. The van der Waals surface area contributed by atoms with E-state index in [1.54, 1.807) is 33.8 Å². The molecule has 0 unspecified atom stereocenters. The van der Waals surface area contributed by atoms with Crippen LogP contribution in [0.25, 0.3) is 22.3 Å². The van der Waals surface area contributed by atoms with Gasteiger partial charge < -0.3 is 15.4 Å². The highest BCUT2D eigenvalue weighted by atomic mass is 19.1. The average molecular weight is 664 g/mol. The number of hydrogen-bond acceptors (Lipinski definition) is 9. The Kier molecular flexibility index (Phi) is 9.05. The summed E-state index contributed by atoms with van der Waals surface area (Å²) in [6.07, 6.45) is 8.53. The smallest absolute Gasteiger partial charge is 0.264 e. The number of rotatable bonds is 8. The van der Waals surface area contributed by atoms with Crippen molar-refractivity contribution in [3.8, 4) is 28.8 Å². The van der Waals surface area contributed by atoms with E-state index in [4.69, 9.17) is 15.6 Å². The number of anilines is 1. The zero-order valence-corrected chi connectivity index (χ0v) is 28.1. The van der Waals surface area contributed by atoms with Gasteiger partial charge in [0.2, 0.25) is 0 Å². The van der Waals surface area contributed by atoms with Gasteiger partial charge in [-0.25, -0.2) is 19.0 Å². The van der Waals surface area contributed by atoms with Crippen LogP contribution in [0.1, 0.15) is 52.0 Å². The summed E-state index contributed by atoms with van der Waals surface area (Å²) < 4.78 is 23.2. The molecule has 12 heteroatoms. The lowest BCUT2D eigenvalue weighted by Gasteiger charge is -2.47. The molecule has 2 aromatic carbocycles. The second-order valence-corrected chi connectivity index (χ2v) is 13.8. The van der Waals surface area contributed by atoms with E-state index in [1.807, 2.05) is 24.3 Å². The second kappa shape index (κ2) is 13.6. The maximum atomic E-state index is 15.7. The van der Waals surface area contributed by atoms with Gasteiger partial charge in [0.15, 0.2) is 5.65 Å². The van der Waals surface area contributed by atoms with Gasteiger partial charge in [-0.1, -0.05) is 24.6 Å². The first-order chi connectivity index (χ1) is 23.7. The van der Waals surface area contributed by atoms with Crippen molar-refractivity contribution in [1.29, 1.82) is 5.26 Å². The fraction of sp³-hybridized carbons (Fsp3) is 0.432. The molecule has 0 radical (unpaired) electrons. The van der Waals surface area contributed by atoms with Crippen LogP contribution in [0.2, 0.25) is 0 Å². The summed E-state index contributed by atoms with van der Waals surface area (Å²) >= 11 is 0. The van der Waals surface area contributed by atoms with Crippen LogP contribution < -0.4 is 10.5 Å². The zero-order chi connectivity index (χ0) is 34.1. The number of nitrogens with zero attached hydrogens (tertiary/aromatic N) is 8. The van der Waals surface area contributed by atoms with Gasteiger partial charge in [0, 0.05) is 62.5 Å². The minimum atomic E-state index is -0.528. The lowest BCUT2D eigenvalue weighted by Crippen LogP contribution is -2.57. The minimum Gasteiger partial charge on any atom is -0.457 e. The Labute approximate surface area is 285 Å². The number of carbonyl (C=O) groups is 1. The first kappa shape index (κ1) is 32.7. The predicted molar refractivity (Wildman–Crippen MR) is 185 cm³/mol. The highest BCUT2D eigenvalue weighted by molar-refractivity contribution is 5.99. The number of aromatic nitrogens is 4. The molecule has 49 heavy (non-hydrogen) atoms. The van der Waals surface area contributed by atoms with Crippen molar-refractivity contribution < 1.29 is 13.9 Å². The molecule has 254 valence electrons. The number of likely N-dealkylation sites (tertiary alicyclic amines) is 1. The van der Waals surface area contributed by atoms with Gasteiger partial charge in [0.05, 0.1) is 11.4 Å². The van der Waals surface area contributed by atoms with E-state index < -0.39 is 11.4 Å². The summed E-state index contributed by atoms with van der Waals surface area (Å²) in [5, 5.41) is 15.5. The Morgan fingerprint density at radius 2 is 1.76 bits per heavy atom. The number of piperazine rings is 1. The molecule has 4 aromatic rings. The van der Waals surface area contributed by atoms with Gasteiger partial charge in [0.1, 0.15) is 46.8 Å². The number of halogens is 1. The summed E-state index contributed by atoms with van der Waals surface area (Å²) in [6.45, 7) is 8.83. The van der Waals surface area contributed by atoms with Crippen LogP contribution in [-0.4, -0.2) is 91.2 Å². The van der Waals surface area contributed by atoms with Crippen molar-refractivity contribution in [2.75, 3.05) is 45.0 Å². The van der Waals surface area contributed by atoms with E-state index in [0.29, 0.717) is 53.8 Å². The summed E-state index contributed by atoms with van der Waals surface area (Å²) in [4.78, 5) is 29.2.